The third kappa shape index (κ3) is 3.52. The van der Waals surface area contributed by atoms with Crippen LogP contribution in [0.25, 0.3) is 0 Å². The number of hydrogen-bond acceptors (Lipinski definition) is 0. The molecule has 0 amide bonds. The van der Waals surface area contributed by atoms with E-state index in [1.165, 1.54) is 6.42 Å². The van der Waals surface area contributed by atoms with Crippen molar-refractivity contribution in [1.29, 1.82) is 0 Å². The molecule has 0 N–H and O–H groups in total. The van der Waals surface area contributed by atoms with E-state index < -0.39 is 13.8 Å². The van der Waals surface area contributed by atoms with Gasteiger partial charge in [0.25, 0.3) is 0 Å². The topological polar surface area (TPSA) is 0 Å². The van der Waals surface area contributed by atoms with E-state index in [9.17, 15) is 0 Å². The minimum absolute atomic E-state index is 0. The first kappa shape index (κ1) is 9.25. The van der Waals surface area contributed by atoms with Crippen LogP contribution in [0.3, 0.4) is 0 Å². The van der Waals surface area contributed by atoms with Crippen molar-refractivity contribution >= 4 is 13.8 Å². The van der Waals surface area contributed by atoms with Gasteiger partial charge in [0.05, 0.1) is 0 Å². The Morgan fingerprint density at radius 2 is 2.20 bits per heavy atom. The Balaban J connectivity index is 0. The van der Waals surface area contributed by atoms with Gasteiger partial charge >= 0.3 is 75.7 Å². The van der Waals surface area contributed by atoms with Crippen LogP contribution in [-0.4, -0.2) is 13.8 Å². The van der Waals surface area contributed by atoms with Gasteiger partial charge in [-0.15, -0.1) is 0 Å². The molecule has 0 aromatic rings. The third-order valence-electron chi connectivity index (χ3n) is 1.31. The number of hydrogen-bond donors (Lipinski definition) is 0. The molecule has 0 spiro atoms. The molecule has 0 fully saturated rings. The summed E-state index contributed by atoms with van der Waals surface area (Å²) in [5.74, 6) is 0. The van der Waals surface area contributed by atoms with Gasteiger partial charge in [-0.3, -0.25) is 0 Å². The molecular formula is C8H16SnZr. The van der Waals surface area contributed by atoms with E-state index in [-0.39, 0.29) is 21.9 Å². The van der Waals surface area contributed by atoms with E-state index in [0.717, 1.165) is 0 Å². The zero-order valence-electron chi connectivity index (χ0n) is 8.94. The minimum Gasteiger partial charge on any atom is -1.00 e. The quantitative estimate of drug-likeness (QED) is 0.686. The average Bonchev–Trinajstić information content (AvgIpc) is 2.12. The standard InChI is InChI=1S/C5H5.3CH3.Sn.Zr.2H/c1-2-4-5-3-1;;;;;;;/h1-3H,4H2;3*1H3;;;;/q;;;;;+2;2*-1. The number of allylic oxidation sites excluding steroid dienone is 4. The van der Waals surface area contributed by atoms with E-state index in [1.54, 1.807) is 0 Å². The van der Waals surface area contributed by atoms with Crippen molar-refractivity contribution in [3.8, 4) is 0 Å². The molecule has 0 bridgehead atoms. The molecule has 2 heteroatoms. The van der Waals surface area contributed by atoms with Gasteiger partial charge < -0.3 is 2.85 Å². The second kappa shape index (κ2) is 3.71. The molecule has 0 aromatic heterocycles. The first-order chi connectivity index (χ1) is 4.58. The summed E-state index contributed by atoms with van der Waals surface area (Å²) < 4.78 is 1.84. The first-order valence-electron chi connectivity index (χ1n) is 3.72. The van der Waals surface area contributed by atoms with Gasteiger partial charge in [0.1, 0.15) is 0 Å². The van der Waals surface area contributed by atoms with Crippen molar-refractivity contribution in [2.24, 2.45) is 0 Å². The van der Waals surface area contributed by atoms with Gasteiger partial charge in [0.15, 0.2) is 0 Å². The van der Waals surface area contributed by atoms with Gasteiger partial charge in [0, 0.05) is 0 Å². The fourth-order valence-corrected chi connectivity index (χ4v) is 23.8. The third-order valence-corrected chi connectivity index (χ3v) is 22.9. The second-order valence-electron chi connectivity index (χ2n) is 3.70. The summed E-state index contributed by atoms with van der Waals surface area (Å²) in [6.07, 6.45) is 8.20. The van der Waals surface area contributed by atoms with E-state index >= 15 is 0 Å². The van der Waals surface area contributed by atoms with Crippen LogP contribution in [0.1, 0.15) is 9.27 Å². The summed E-state index contributed by atoms with van der Waals surface area (Å²) in [5, 5.41) is 0. The van der Waals surface area contributed by atoms with Crippen molar-refractivity contribution in [2.45, 2.75) is 21.2 Å². The molecule has 0 atom stereocenters. The summed E-state index contributed by atoms with van der Waals surface area (Å²) in [6, 6.07) is 0. The van der Waals surface area contributed by atoms with Crippen LogP contribution in [0.15, 0.2) is 21.5 Å². The van der Waals surface area contributed by atoms with Gasteiger partial charge in [-0.05, 0) is 0 Å². The number of rotatable bonds is 2. The maximum absolute atomic E-state index is 2.57. The average molecular weight is 322 g/mol. The van der Waals surface area contributed by atoms with E-state index in [1.807, 2.05) is 3.28 Å². The predicted octanol–water partition coefficient (Wildman–Crippen LogP) is 2.97. The van der Waals surface area contributed by atoms with Crippen molar-refractivity contribution in [1.82, 2.24) is 0 Å². The second-order valence-corrected chi connectivity index (χ2v) is 47.7. The Morgan fingerprint density at radius 3 is 2.60 bits per heavy atom. The fourth-order valence-electron chi connectivity index (χ4n) is 1.02. The maximum atomic E-state index is 2.57. The van der Waals surface area contributed by atoms with Gasteiger partial charge in [0.2, 0.25) is 0 Å². The summed E-state index contributed by atoms with van der Waals surface area (Å²) in [7, 11) is 0. The van der Waals surface area contributed by atoms with Gasteiger partial charge in [-0.25, -0.2) is 0 Å². The molecule has 0 aromatic carbocycles. The van der Waals surface area contributed by atoms with Crippen LogP contribution in [-0.2, 0) is 19.1 Å². The van der Waals surface area contributed by atoms with Crippen LogP contribution in [0, 0.1) is 0 Å². The molecule has 0 saturated heterocycles. The summed E-state index contributed by atoms with van der Waals surface area (Å²) >= 11 is -1.36. The van der Waals surface area contributed by atoms with Crippen LogP contribution in [0.5, 0.6) is 0 Å². The zero-order chi connectivity index (χ0) is 7.61. The summed E-state index contributed by atoms with van der Waals surface area (Å²) in [5.41, 5.74) is 0. The zero-order valence-corrected chi connectivity index (χ0v) is 12.3. The summed E-state index contributed by atoms with van der Waals surface area (Å²) in [6.45, 7) is 0. The van der Waals surface area contributed by atoms with E-state index in [2.05, 4.69) is 33.0 Å². The molecule has 0 nitrogen and oxygen atoms in total. The molecule has 1 aliphatic carbocycles. The molecule has 56 valence electrons. The van der Waals surface area contributed by atoms with E-state index in [0.29, 0.717) is 0 Å². The van der Waals surface area contributed by atoms with Crippen LogP contribution >= 0.6 is 0 Å². The van der Waals surface area contributed by atoms with Crippen molar-refractivity contribution < 1.29 is 21.9 Å². The van der Waals surface area contributed by atoms with Crippen LogP contribution in [0.2, 0.25) is 14.8 Å². The predicted molar refractivity (Wildman–Crippen MR) is 47.4 cm³/mol. The SMILES string of the molecule is [CH3][Sn]([CH3])([CH3])[Zr+2][C]1=CC=CC1.[H-].[H-]. The van der Waals surface area contributed by atoms with Crippen molar-refractivity contribution in [2.75, 3.05) is 0 Å². The maximum Gasteiger partial charge on any atom is -1.00 e. The van der Waals surface area contributed by atoms with Crippen molar-refractivity contribution in [3.05, 3.63) is 21.5 Å². The Labute approximate surface area is 77.8 Å². The first-order valence-corrected chi connectivity index (χ1v) is 23.2. The van der Waals surface area contributed by atoms with E-state index in [4.69, 9.17) is 0 Å². The molecule has 0 saturated carbocycles. The molecule has 10 heavy (non-hydrogen) atoms. The van der Waals surface area contributed by atoms with Gasteiger partial charge in [-0.1, -0.05) is 0 Å². The minimum atomic E-state index is -1.32. The normalized spacial score (nSPS) is 16.9. The monoisotopic (exact) mass is 322 g/mol. The Hall–Kier alpha value is 1.16. The Bertz CT molecular complexity index is 182. The molecule has 1 rings (SSSR count). The molecular weight excluding hydrogens is 306 g/mol. The van der Waals surface area contributed by atoms with Crippen molar-refractivity contribution in [3.63, 3.8) is 0 Å². The molecule has 0 unspecified atom stereocenters. The Kier molecular flexibility index (Phi) is 3.43. The Morgan fingerprint density at radius 1 is 1.50 bits per heavy atom. The van der Waals surface area contributed by atoms with Crippen LogP contribution in [0.4, 0.5) is 0 Å². The van der Waals surface area contributed by atoms with Crippen LogP contribution < -0.4 is 0 Å². The molecule has 0 radical (unpaired) electrons. The van der Waals surface area contributed by atoms with Gasteiger partial charge in [-0.2, -0.15) is 0 Å². The molecule has 0 aliphatic heterocycles. The molecule has 1 aliphatic rings. The molecule has 0 heterocycles. The largest absolute Gasteiger partial charge is 1.00 e. The fraction of sp³-hybridized carbons (Fsp3) is 0.500. The smallest absolute Gasteiger partial charge is 1.00 e. The summed E-state index contributed by atoms with van der Waals surface area (Å²) in [4.78, 5) is 7.71.